The van der Waals surface area contributed by atoms with E-state index in [2.05, 4.69) is 31.2 Å². The molecule has 3 atom stereocenters. The Balaban J connectivity index is 2.86. The average Bonchev–Trinajstić information content (AvgIpc) is 2.35. The van der Waals surface area contributed by atoms with Crippen LogP contribution in [0.5, 0.6) is 0 Å². The molecule has 1 aromatic carbocycles. The molecular weight excluding hydrogens is 242 g/mol. The minimum absolute atomic E-state index is 0.0440. The Morgan fingerprint density at radius 2 is 1.72 bits per heavy atom. The van der Waals surface area contributed by atoms with E-state index in [1.165, 1.54) is 5.56 Å². The normalized spacial score (nSPS) is 17.2. The van der Waals surface area contributed by atoms with E-state index in [1.807, 2.05) is 27.7 Å². The molecule has 1 rings (SSSR count). The summed E-state index contributed by atoms with van der Waals surface area (Å²) < 4.78 is 12.1. The van der Waals surface area contributed by atoms with Gasteiger partial charge in [0.2, 0.25) is 0 Å². The Labute approximate surface area is 113 Å². The molecule has 0 bridgehead atoms. The maximum absolute atomic E-state index is 12.3. The van der Waals surface area contributed by atoms with Crippen LogP contribution in [0.3, 0.4) is 0 Å². The number of benzene rings is 1. The van der Waals surface area contributed by atoms with Crippen LogP contribution in [0.2, 0.25) is 0 Å². The summed E-state index contributed by atoms with van der Waals surface area (Å²) in [5.41, 5.74) is 8.60. The number of hydrogen-bond acceptors (Lipinski definition) is 2. The molecule has 0 aliphatic rings. The highest BCUT2D eigenvalue weighted by Gasteiger charge is 2.29. The van der Waals surface area contributed by atoms with E-state index in [4.69, 9.17) is 5.73 Å². The summed E-state index contributed by atoms with van der Waals surface area (Å²) in [6.45, 7) is 10.1. The van der Waals surface area contributed by atoms with E-state index in [0.29, 0.717) is 0 Å². The maximum atomic E-state index is 12.3. The predicted molar refractivity (Wildman–Crippen MR) is 80.1 cm³/mol. The highest BCUT2D eigenvalue weighted by atomic mass is 32.2. The molecule has 2 nitrogen and oxygen atoms in total. The van der Waals surface area contributed by atoms with Crippen molar-refractivity contribution in [3.8, 4) is 0 Å². The largest absolute Gasteiger partial charge is 0.323 e. The molecule has 0 radical (unpaired) electrons. The molecule has 0 aromatic heterocycles. The minimum Gasteiger partial charge on any atom is -0.323 e. The summed E-state index contributed by atoms with van der Waals surface area (Å²) in [5, 5.41) is -0.0440. The third-order valence-corrected chi connectivity index (χ3v) is 5.40. The Kier molecular flexibility index (Phi) is 5.11. The zero-order valence-corrected chi connectivity index (χ0v) is 12.9. The van der Waals surface area contributed by atoms with Crippen molar-refractivity contribution in [2.24, 2.45) is 5.73 Å². The van der Waals surface area contributed by atoms with Crippen LogP contribution in [-0.2, 0) is 17.2 Å². The Bertz CT molecular complexity index is 405. The van der Waals surface area contributed by atoms with Crippen LogP contribution in [0.1, 0.15) is 51.8 Å². The first-order valence-electron chi connectivity index (χ1n) is 6.52. The fourth-order valence-electron chi connectivity index (χ4n) is 1.94. The van der Waals surface area contributed by atoms with Crippen LogP contribution in [0, 0.1) is 0 Å². The van der Waals surface area contributed by atoms with Gasteiger partial charge in [0.25, 0.3) is 0 Å². The summed E-state index contributed by atoms with van der Waals surface area (Å²) in [4.78, 5) is 0. The van der Waals surface area contributed by atoms with Gasteiger partial charge in [-0.3, -0.25) is 4.21 Å². The summed E-state index contributed by atoms with van der Waals surface area (Å²) in [6.07, 6.45) is 1.03. The molecule has 0 saturated heterocycles. The number of rotatable bonds is 4. The van der Waals surface area contributed by atoms with Crippen molar-refractivity contribution in [3.63, 3.8) is 0 Å². The lowest BCUT2D eigenvalue weighted by Gasteiger charge is -2.27. The van der Waals surface area contributed by atoms with Crippen molar-refractivity contribution in [2.75, 3.05) is 0 Å². The second kappa shape index (κ2) is 5.98. The molecule has 3 heteroatoms. The first kappa shape index (κ1) is 15.4. The second-order valence-corrected chi connectivity index (χ2v) is 8.30. The zero-order valence-electron chi connectivity index (χ0n) is 12.1. The van der Waals surface area contributed by atoms with Gasteiger partial charge in [-0.25, -0.2) is 0 Å². The van der Waals surface area contributed by atoms with Gasteiger partial charge in [-0.05, 0) is 45.2 Å². The lowest BCUT2D eigenvalue weighted by atomic mass is 10.0. The standard InChI is InChI=1S/C15H25NOS/c1-6-12-7-9-13(10-8-12)14(16)11(2)18(17)15(3,4)5/h7-11,14H,6,16H2,1-5H3. The van der Waals surface area contributed by atoms with Crippen LogP contribution in [-0.4, -0.2) is 14.2 Å². The molecule has 1 aromatic rings. The van der Waals surface area contributed by atoms with Crippen molar-refractivity contribution in [1.29, 1.82) is 0 Å². The molecule has 2 N–H and O–H groups in total. The molecule has 0 fully saturated rings. The van der Waals surface area contributed by atoms with Crippen LogP contribution >= 0.6 is 0 Å². The maximum Gasteiger partial charge on any atom is 0.0517 e. The van der Waals surface area contributed by atoms with Crippen LogP contribution in [0.4, 0.5) is 0 Å². The fraction of sp³-hybridized carbons (Fsp3) is 0.600. The monoisotopic (exact) mass is 267 g/mol. The van der Waals surface area contributed by atoms with Gasteiger partial charge in [0.05, 0.1) is 5.25 Å². The predicted octanol–water partition coefficient (Wildman–Crippen LogP) is 3.18. The molecule has 18 heavy (non-hydrogen) atoms. The first-order valence-corrected chi connectivity index (χ1v) is 7.73. The lowest BCUT2D eigenvalue weighted by molar-refractivity contribution is 0.611. The van der Waals surface area contributed by atoms with Crippen molar-refractivity contribution in [1.82, 2.24) is 0 Å². The lowest BCUT2D eigenvalue weighted by Crippen LogP contribution is -2.36. The highest BCUT2D eigenvalue weighted by molar-refractivity contribution is 7.87. The van der Waals surface area contributed by atoms with E-state index in [9.17, 15) is 4.21 Å². The molecule has 0 spiro atoms. The Morgan fingerprint density at radius 3 is 2.11 bits per heavy atom. The second-order valence-electron chi connectivity index (χ2n) is 5.74. The van der Waals surface area contributed by atoms with Gasteiger partial charge >= 0.3 is 0 Å². The molecule has 3 unspecified atom stereocenters. The average molecular weight is 267 g/mol. The van der Waals surface area contributed by atoms with E-state index >= 15 is 0 Å². The van der Waals surface area contributed by atoms with Gasteiger partial charge < -0.3 is 5.73 Å². The molecule has 0 heterocycles. The molecule has 0 aliphatic heterocycles. The first-order chi connectivity index (χ1) is 8.27. The SMILES string of the molecule is CCc1ccc(C(N)C(C)S(=O)C(C)(C)C)cc1. The van der Waals surface area contributed by atoms with E-state index in [0.717, 1.165) is 12.0 Å². The summed E-state index contributed by atoms with van der Waals surface area (Å²) in [7, 11) is -0.945. The van der Waals surface area contributed by atoms with Crippen molar-refractivity contribution >= 4 is 10.8 Å². The van der Waals surface area contributed by atoms with Crippen molar-refractivity contribution < 1.29 is 4.21 Å². The highest BCUT2D eigenvalue weighted by Crippen LogP contribution is 2.25. The Hall–Kier alpha value is -0.670. The van der Waals surface area contributed by atoms with Gasteiger partial charge in [-0.2, -0.15) is 0 Å². The van der Waals surface area contributed by atoms with Crippen molar-refractivity contribution in [2.45, 2.75) is 57.1 Å². The summed E-state index contributed by atoms with van der Waals surface area (Å²) in [6, 6.07) is 8.14. The topological polar surface area (TPSA) is 43.1 Å². The summed E-state index contributed by atoms with van der Waals surface area (Å²) >= 11 is 0. The third kappa shape index (κ3) is 3.66. The fourth-order valence-corrected chi connectivity index (χ4v) is 3.48. The van der Waals surface area contributed by atoms with Crippen LogP contribution in [0.25, 0.3) is 0 Å². The third-order valence-electron chi connectivity index (χ3n) is 3.22. The van der Waals surface area contributed by atoms with Gasteiger partial charge in [-0.1, -0.05) is 31.2 Å². The van der Waals surface area contributed by atoms with Gasteiger partial charge in [0.1, 0.15) is 0 Å². The molecular formula is C15H25NOS. The molecule has 0 saturated carbocycles. The molecule has 0 amide bonds. The smallest absolute Gasteiger partial charge is 0.0517 e. The van der Waals surface area contributed by atoms with Gasteiger partial charge in [-0.15, -0.1) is 0 Å². The molecule has 0 aliphatic carbocycles. The van der Waals surface area contributed by atoms with Gasteiger partial charge in [0.15, 0.2) is 0 Å². The van der Waals surface area contributed by atoms with E-state index in [-0.39, 0.29) is 16.0 Å². The molecule has 102 valence electrons. The van der Waals surface area contributed by atoms with Gasteiger partial charge in [0, 0.05) is 21.6 Å². The van der Waals surface area contributed by atoms with Crippen LogP contribution in [0.15, 0.2) is 24.3 Å². The zero-order chi connectivity index (χ0) is 13.9. The van der Waals surface area contributed by atoms with E-state index < -0.39 is 10.8 Å². The number of aryl methyl sites for hydroxylation is 1. The Morgan fingerprint density at radius 1 is 1.22 bits per heavy atom. The van der Waals surface area contributed by atoms with Crippen molar-refractivity contribution in [3.05, 3.63) is 35.4 Å². The van der Waals surface area contributed by atoms with Crippen LogP contribution < -0.4 is 5.73 Å². The minimum atomic E-state index is -0.945. The summed E-state index contributed by atoms with van der Waals surface area (Å²) in [5.74, 6) is 0. The van der Waals surface area contributed by atoms with E-state index in [1.54, 1.807) is 0 Å². The number of nitrogens with two attached hydrogens (primary N) is 1. The quantitative estimate of drug-likeness (QED) is 0.910. The number of hydrogen-bond donors (Lipinski definition) is 1.